The molecule has 0 spiro atoms. The lowest BCUT2D eigenvalue weighted by molar-refractivity contribution is -0.132. The molecule has 0 saturated carbocycles. The third-order valence-electron chi connectivity index (χ3n) is 7.16. The molecule has 2 heterocycles. The fourth-order valence-corrected chi connectivity index (χ4v) is 6.70. The molecule has 1 fully saturated rings. The monoisotopic (exact) mass is 629 g/mol. The number of ketones is 1. The molecule has 1 N–H and O–H groups in total. The molecular weight excluding hydrogens is 595 g/mol. The molecule has 1 saturated heterocycles. The van der Waals surface area contributed by atoms with Gasteiger partial charge in [-0.1, -0.05) is 84.8 Å². The molecule has 0 radical (unpaired) electrons. The van der Waals surface area contributed by atoms with Crippen molar-refractivity contribution in [2.75, 3.05) is 18.1 Å². The number of Topliss-reactive ketones (excluding diaryl/α,β-unsaturated/α-hetero) is 1. The fraction of sp³-hybridized carbons (Fsp3) is 0.294. The van der Waals surface area contributed by atoms with Crippen LogP contribution < -0.4 is 14.4 Å². The maximum Gasteiger partial charge on any atom is 0.301 e. The van der Waals surface area contributed by atoms with Crippen molar-refractivity contribution < 1.29 is 24.2 Å². The van der Waals surface area contributed by atoms with Crippen LogP contribution in [0.15, 0.2) is 82.7 Å². The topological polar surface area (TPSA) is 102 Å². The van der Waals surface area contributed by atoms with Gasteiger partial charge in [0.25, 0.3) is 5.78 Å². The Morgan fingerprint density at radius 3 is 2.45 bits per heavy atom. The molecule has 1 aliphatic heterocycles. The Labute approximate surface area is 265 Å². The number of benzene rings is 3. The van der Waals surface area contributed by atoms with Crippen LogP contribution in [0.1, 0.15) is 61.4 Å². The van der Waals surface area contributed by atoms with E-state index in [1.807, 2.05) is 38.1 Å². The number of carbonyl (C=O) groups excluding carboxylic acids is 2. The van der Waals surface area contributed by atoms with E-state index in [1.54, 1.807) is 24.3 Å². The van der Waals surface area contributed by atoms with Crippen LogP contribution in [0.5, 0.6) is 11.5 Å². The van der Waals surface area contributed by atoms with Crippen molar-refractivity contribution in [3.8, 4) is 11.5 Å². The normalized spacial score (nSPS) is 16.0. The van der Waals surface area contributed by atoms with Crippen molar-refractivity contribution in [3.63, 3.8) is 0 Å². The lowest BCUT2D eigenvalue weighted by Crippen LogP contribution is -2.29. The molecule has 8 nitrogen and oxygen atoms in total. The second kappa shape index (κ2) is 14.5. The highest BCUT2D eigenvalue weighted by Crippen LogP contribution is 2.44. The predicted octanol–water partition coefficient (Wildman–Crippen LogP) is 7.73. The number of rotatable bonds is 13. The first-order chi connectivity index (χ1) is 21.4. The second-order valence-electron chi connectivity index (χ2n) is 10.4. The first kappa shape index (κ1) is 31.3. The molecule has 228 valence electrons. The van der Waals surface area contributed by atoms with Crippen LogP contribution in [-0.2, 0) is 15.3 Å². The van der Waals surface area contributed by atoms with Gasteiger partial charge in [0, 0.05) is 11.3 Å². The number of ether oxygens (including phenoxy) is 2. The fourth-order valence-electron chi connectivity index (χ4n) is 4.88. The Hall–Kier alpha value is -4.15. The third-order valence-corrected chi connectivity index (χ3v) is 9.29. The number of unbranched alkanes of at least 4 members (excludes halogenated alkanes) is 2. The van der Waals surface area contributed by atoms with Gasteiger partial charge in [-0.15, -0.1) is 10.2 Å². The minimum Gasteiger partial charge on any atom is -0.507 e. The van der Waals surface area contributed by atoms with Crippen LogP contribution in [-0.4, -0.2) is 40.2 Å². The van der Waals surface area contributed by atoms with Gasteiger partial charge in [-0.05, 0) is 67.8 Å². The highest BCUT2D eigenvalue weighted by molar-refractivity contribution is 8.00. The number of aryl methyl sites for hydroxylation is 1. The van der Waals surface area contributed by atoms with E-state index in [1.165, 1.54) is 33.6 Å². The van der Waals surface area contributed by atoms with Gasteiger partial charge in [-0.3, -0.25) is 14.5 Å². The van der Waals surface area contributed by atoms with Crippen molar-refractivity contribution in [3.05, 3.63) is 101 Å². The summed E-state index contributed by atoms with van der Waals surface area (Å²) in [7, 11) is 0. The molecule has 1 aliphatic rings. The summed E-state index contributed by atoms with van der Waals surface area (Å²) in [4.78, 5) is 28.6. The number of hydrogen-bond donors (Lipinski definition) is 1. The van der Waals surface area contributed by atoms with Crippen LogP contribution in [0.3, 0.4) is 0 Å². The standard InChI is InChI=1S/C34H35N3O5S2/c1-4-6-7-19-42-27-10-8-9-25(20-27)29-28(30(38)24-15-17-26(18-16-24)41-5-2)31(39)32(40)37(29)33-35-36-34(44-33)43-21-23-13-11-22(3)12-14-23/h8-18,20,29,38H,4-7,19,21H2,1-3H3. The van der Waals surface area contributed by atoms with E-state index in [9.17, 15) is 14.7 Å². The number of thioether (sulfide) groups is 1. The molecule has 44 heavy (non-hydrogen) atoms. The summed E-state index contributed by atoms with van der Waals surface area (Å²) in [6.45, 7) is 7.12. The molecule has 1 amide bonds. The number of anilines is 1. The molecule has 0 aliphatic carbocycles. The number of aromatic nitrogens is 2. The molecule has 4 aromatic rings. The minimum absolute atomic E-state index is 0.0219. The van der Waals surface area contributed by atoms with E-state index < -0.39 is 17.7 Å². The maximum atomic E-state index is 13.6. The van der Waals surface area contributed by atoms with E-state index in [4.69, 9.17) is 9.47 Å². The Kier molecular flexibility index (Phi) is 10.3. The quantitative estimate of drug-likeness (QED) is 0.0400. The van der Waals surface area contributed by atoms with Crippen molar-refractivity contribution in [2.24, 2.45) is 0 Å². The van der Waals surface area contributed by atoms with Crippen LogP contribution in [0.4, 0.5) is 5.13 Å². The number of amides is 1. The molecule has 0 bridgehead atoms. The molecule has 3 aromatic carbocycles. The van der Waals surface area contributed by atoms with E-state index in [-0.39, 0.29) is 16.5 Å². The molecule has 1 unspecified atom stereocenters. The molecule has 1 atom stereocenters. The first-order valence-corrected chi connectivity index (χ1v) is 16.5. The highest BCUT2D eigenvalue weighted by Gasteiger charge is 2.48. The SMILES string of the molecule is CCCCCOc1cccc(C2C(=C(O)c3ccc(OCC)cc3)C(=O)C(=O)N2c2nnc(SCc3ccc(C)cc3)s2)c1. The average Bonchev–Trinajstić information content (AvgIpc) is 3.61. The minimum atomic E-state index is -0.927. The summed E-state index contributed by atoms with van der Waals surface area (Å²) in [5.74, 6) is 0.108. The first-order valence-electron chi connectivity index (χ1n) is 14.7. The van der Waals surface area contributed by atoms with Gasteiger partial charge in [0.15, 0.2) is 4.34 Å². The van der Waals surface area contributed by atoms with Crippen molar-refractivity contribution >= 4 is 45.7 Å². The van der Waals surface area contributed by atoms with Gasteiger partial charge < -0.3 is 14.6 Å². The third kappa shape index (κ3) is 7.14. The van der Waals surface area contributed by atoms with E-state index in [0.717, 1.165) is 24.8 Å². The van der Waals surface area contributed by atoms with Crippen molar-refractivity contribution in [2.45, 2.75) is 56.2 Å². The number of nitrogens with zero attached hydrogens (tertiary/aromatic N) is 3. The molecule has 1 aromatic heterocycles. The zero-order chi connectivity index (χ0) is 31.1. The largest absolute Gasteiger partial charge is 0.507 e. The van der Waals surface area contributed by atoms with E-state index in [0.29, 0.717) is 45.9 Å². The van der Waals surface area contributed by atoms with Gasteiger partial charge in [0.1, 0.15) is 17.3 Å². The number of carbonyl (C=O) groups is 2. The summed E-state index contributed by atoms with van der Waals surface area (Å²) in [5.41, 5.74) is 3.33. The lowest BCUT2D eigenvalue weighted by Gasteiger charge is -2.23. The summed E-state index contributed by atoms with van der Waals surface area (Å²) in [6.07, 6.45) is 3.06. The Morgan fingerprint density at radius 2 is 1.73 bits per heavy atom. The van der Waals surface area contributed by atoms with Gasteiger partial charge in [-0.2, -0.15) is 0 Å². The highest BCUT2D eigenvalue weighted by atomic mass is 32.2. The Bertz CT molecular complexity index is 1630. The summed E-state index contributed by atoms with van der Waals surface area (Å²) < 4.78 is 12.2. The van der Waals surface area contributed by atoms with E-state index >= 15 is 0 Å². The maximum absolute atomic E-state index is 13.6. The molecular formula is C34H35N3O5S2. The predicted molar refractivity (Wildman–Crippen MR) is 175 cm³/mol. The van der Waals surface area contributed by atoms with Crippen LogP contribution >= 0.6 is 23.1 Å². The molecule has 10 heteroatoms. The van der Waals surface area contributed by atoms with Crippen LogP contribution in [0.2, 0.25) is 0 Å². The summed E-state index contributed by atoms with van der Waals surface area (Å²) in [6, 6.07) is 21.4. The van der Waals surface area contributed by atoms with Crippen molar-refractivity contribution in [1.29, 1.82) is 0 Å². The summed E-state index contributed by atoms with van der Waals surface area (Å²) >= 11 is 2.75. The zero-order valence-electron chi connectivity index (χ0n) is 25.0. The van der Waals surface area contributed by atoms with Gasteiger partial charge in [0.2, 0.25) is 5.13 Å². The zero-order valence-corrected chi connectivity index (χ0v) is 26.6. The second-order valence-corrected chi connectivity index (χ2v) is 12.6. The van der Waals surface area contributed by atoms with Crippen LogP contribution in [0.25, 0.3) is 5.76 Å². The lowest BCUT2D eigenvalue weighted by atomic mass is 9.95. The van der Waals surface area contributed by atoms with Gasteiger partial charge in [0.05, 0.1) is 24.8 Å². The average molecular weight is 630 g/mol. The Morgan fingerprint density at radius 1 is 0.955 bits per heavy atom. The Balaban J connectivity index is 1.51. The number of aliphatic hydroxyl groups is 1. The molecule has 5 rings (SSSR count). The number of hydrogen-bond acceptors (Lipinski definition) is 9. The summed E-state index contributed by atoms with van der Waals surface area (Å²) in [5, 5.41) is 20.4. The van der Waals surface area contributed by atoms with Crippen LogP contribution in [0, 0.1) is 6.92 Å². The van der Waals surface area contributed by atoms with E-state index in [2.05, 4.69) is 41.4 Å². The smallest absolute Gasteiger partial charge is 0.301 e. The van der Waals surface area contributed by atoms with Gasteiger partial charge in [-0.25, -0.2) is 0 Å². The number of aliphatic hydroxyl groups excluding tert-OH is 1. The van der Waals surface area contributed by atoms with Gasteiger partial charge >= 0.3 is 5.91 Å². The van der Waals surface area contributed by atoms with Crippen molar-refractivity contribution in [1.82, 2.24) is 10.2 Å².